The Morgan fingerprint density at radius 1 is 1.35 bits per heavy atom. The molecule has 0 fully saturated rings. The van der Waals surface area contributed by atoms with Crippen LogP contribution in [0.3, 0.4) is 0 Å². The molecule has 0 unspecified atom stereocenters. The molecule has 1 aromatic heterocycles. The summed E-state index contributed by atoms with van der Waals surface area (Å²) < 4.78 is 28.7. The van der Waals surface area contributed by atoms with Crippen LogP contribution in [0.1, 0.15) is 16.5 Å². The van der Waals surface area contributed by atoms with Crippen molar-refractivity contribution in [2.75, 3.05) is 0 Å². The zero-order chi connectivity index (χ0) is 14.8. The highest BCUT2D eigenvalue weighted by atomic mass is 35.5. The lowest BCUT2D eigenvalue weighted by molar-refractivity contribution is 0.0910. The topological polar surface area (TPSA) is 128 Å². The van der Waals surface area contributed by atoms with E-state index in [2.05, 4.69) is 14.7 Å². The summed E-state index contributed by atoms with van der Waals surface area (Å²) in [7, 11) is -3.66. The van der Waals surface area contributed by atoms with E-state index < -0.39 is 27.4 Å². The Hall–Kier alpha value is -1.97. The molecule has 0 spiro atoms. The molecule has 1 amide bonds. The minimum atomic E-state index is -3.66. The van der Waals surface area contributed by atoms with Crippen molar-refractivity contribution in [1.82, 2.24) is 15.6 Å². The summed E-state index contributed by atoms with van der Waals surface area (Å²) in [6.07, 6.45) is 0. The number of nitrogen functional groups attached to an aromatic ring is 1. The van der Waals surface area contributed by atoms with E-state index in [1.807, 2.05) is 0 Å². The van der Waals surface area contributed by atoms with E-state index in [0.717, 1.165) is 0 Å². The number of sulfone groups is 1. The molecule has 0 saturated heterocycles. The van der Waals surface area contributed by atoms with Gasteiger partial charge in [-0.05, 0) is 24.3 Å². The number of nitrogens with zero attached hydrogens (tertiary/aromatic N) is 2. The highest BCUT2D eigenvalue weighted by molar-refractivity contribution is 7.90. The van der Waals surface area contributed by atoms with Crippen molar-refractivity contribution >= 4 is 27.3 Å². The van der Waals surface area contributed by atoms with Gasteiger partial charge in [0.25, 0.3) is 0 Å². The molecule has 8 nitrogen and oxygen atoms in total. The number of halogens is 1. The van der Waals surface area contributed by atoms with Gasteiger partial charge < -0.3 is 4.52 Å². The molecule has 2 aromatic rings. The fourth-order valence-corrected chi connectivity index (χ4v) is 2.66. The fraction of sp³-hybridized carbons (Fsp3) is 0.100. The van der Waals surface area contributed by atoms with E-state index in [0.29, 0.717) is 5.02 Å². The maximum Gasteiger partial charge on any atom is 0.323 e. The molecule has 10 heteroatoms. The van der Waals surface area contributed by atoms with Gasteiger partial charge >= 0.3 is 11.8 Å². The van der Waals surface area contributed by atoms with Gasteiger partial charge in [-0.2, -0.15) is 4.98 Å². The van der Waals surface area contributed by atoms with Crippen molar-refractivity contribution in [3.63, 3.8) is 0 Å². The lowest BCUT2D eigenvalue weighted by Gasteiger charge is -2.01. The normalized spacial score (nSPS) is 11.3. The summed E-state index contributed by atoms with van der Waals surface area (Å²) in [6, 6.07) is 5.65. The van der Waals surface area contributed by atoms with Crippen molar-refractivity contribution in [2.24, 2.45) is 5.84 Å². The van der Waals surface area contributed by atoms with E-state index >= 15 is 0 Å². The zero-order valence-electron chi connectivity index (χ0n) is 9.91. The average molecular weight is 317 g/mol. The summed E-state index contributed by atoms with van der Waals surface area (Å²) in [6.45, 7) is 0. The number of hydrogen-bond donors (Lipinski definition) is 2. The second-order valence-electron chi connectivity index (χ2n) is 3.70. The molecule has 0 bridgehead atoms. The van der Waals surface area contributed by atoms with Gasteiger partial charge in [0.15, 0.2) is 15.7 Å². The number of amides is 1. The summed E-state index contributed by atoms with van der Waals surface area (Å²) in [5.74, 6) is 3.04. The Balaban J connectivity index is 2.22. The number of hydrazine groups is 1. The van der Waals surface area contributed by atoms with Gasteiger partial charge in [-0.3, -0.25) is 10.2 Å². The van der Waals surface area contributed by atoms with Crippen LogP contribution in [0.4, 0.5) is 0 Å². The van der Waals surface area contributed by atoms with Crippen molar-refractivity contribution in [3.8, 4) is 0 Å². The van der Waals surface area contributed by atoms with Crippen molar-refractivity contribution in [1.29, 1.82) is 0 Å². The van der Waals surface area contributed by atoms with Gasteiger partial charge in [0.2, 0.25) is 0 Å². The van der Waals surface area contributed by atoms with Gasteiger partial charge in [0.1, 0.15) is 5.75 Å². The number of carbonyl (C=O) groups is 1. The Bertz CT molecular complexity index is 726. The highest BCUT2D eigenvalue weighted by Gasteiger charge is 2.21. The van der Waals surface area contributed by atoms with Gasteiger partial charge in [-0.1, -0.05) is 16.8 Å². The Morgan fingerprint density at radius 2 is 2.00 bits per heavy atom. The largest absolute Gasteiger partial charge is 0.328 e. The highest BCUT2D eigenvalue weighted by Crippen LogP contribution is 2.17. The summed E-state index contributed by atoms with van der Waals surface area (Å²) >= 11 is 5.69. The summed E-state index contributed by atoms with van der Waals surface area (Å²) in [5, 5.41) is 3.83. The van der Waals surface area contributed by atoms with Crippen molar-refractivity contribution in [3.05, 3.63) is 41.0 Å². The number of nitrogens with two attached hydrogens (primary N) is 1. The number of hydrogen-bond acceptors (Lipinski definition) is 7. The zero-order valence-corrected chi connectivity index (χ0v) is 11.5. The van der Waals surface area contributed by atoms with Crippen molar-refractivity contribution < 1.29 is 17.7 Å². The van der Waals surface area contributed by atoms with E-state index in [1.54, 1.807) is 5.43 Å². The van der Waals surface area contributed by atoms with Gasteiger partial charge in [0.05, 0.1) is 4.90 Å². The van der Waals surface area contributed by atoms with Gasteiger partial charge in [0, 0.05) is 5.02 Å². The number of rotatable bonds is 4. The third-order valence-electron chi connectivity index (χ3n) is 2.29. The first kappa shape index (κ1) is 14.4. The van der Waals surface area contributed by atoms with Crippen LogP contribution < -0.4 is 11.3 Å². The van der Waals surface area contributed by atoms with Crippen LogP contribution in [-0.4, -0.2) is 24.5 Å². The van der Waals surface area contributed by atoms with Crippen LogP contribution in [0, 0.1) is 0 Å². The van der Waals surface area contributed by atoms with Crippen LogP contribution in [0.25, 0.3) is 0 Å². The SMILES string of the molecule is NNC(=O)c1nc(CS(=O)(=O)c2ccc(Cl)cc2)no1. The molecule has 0 radical (unpaired) electrons. The number of aromatic nitrogens is 2. The first-order valence-corrected chi connectivity index (χ1v) is 7.27. The molecule has 0 aliphatic heterocycles. The summed E-state index contributed by atoms with van der Waals surface area (Å²) in [4.78, 5) is 14.8. The molecular weight excluding hydrogens is 308 g/mol. The van der Waals surface area contributed by atoms with E-state index in [4.69, 9.17) is 17.4 Å². The smallest absolute Gasteiger partial charge is 0.323 e. The third kappa shape index (κ3) is 3.13. The minimum absolute atomic E-state index is 0.0662. The van der Waals surface area contributed by atoms with Crippen LogP contribution in [0.2, 0.25) is 5.02 Å². The monoisotopic (exact) mass is 316 g/mol. The van der Waals surface area contributed by atoms with E-state index in [-0.39, 0.29) is 10.7 Å². The molecule has 1 heterocycles. The van der Waals surface area contributed by atoms with Crippen LogP contribution >= 0.6 is 11.6 Å². The maximum absolute atomic E-state index is 12.1. The maximum atomic E-state index is 12.1. The van der Waals surface area contributed by atoms with Crippen LogP contribution in [0.15, 0.2) is 33.7 Å². The number of carbonyl (C=O) groups excluding carboxylic acids is 1. The van der Waals surface area contributed by atoms with E-state index in [1.165, 1.54) is 24.3 Å². The molecule has 0 saturated carbocycles. The van der Waals surface area contributed by atoms with Gasteiger partial charge in [-0.25, -0.2) is 14.3 Å². The van der Waals surface area contributed by atoms with E-state index in [9.17, 15) is 13.2 Å². The molecule has 0 atom stereocenters. The third-order valence-corrected chi connectivity index (χ3v) is 4.17. The van der Waals surface area contributed by atoms with Crippen LogP contribution in [0.5, 0.6) is 0 Å². The fourth-order valence-electron chi connectivity index (χ4n) is 1.36. The Labute approximate surface area is 118 Å². The lowest BCUT2D eigenvalue weighted by Crippen LogP contribution is -2.30. The first-order valence-electron chi connectivity index (χ1n) is 5.24. The molecule has 0 aliphatic carbocycles. The second kappa shape index (κ2) is 5.57. The number of benzene rings is 1. The Kier molecular flexibility index (Phi) is 4.02. The number of nitrogens with one attached hydrogen (secondary N) is 1. The molecule has 0 aliphatic rings. The predicted octanol–water partition coefficient (Wildman–Crippen LogP) is 0.300. The molecule has 2 rings (SSSR count). The molecule has 20 heavy (non-hydrogen) atoms. The second-order valence-corrected chi connectivity index (χ2v) is 6.13. The quantitative estimate of drug-likeness (QED) is 0.471. The predicted molar refractivity (Wildman–Crippen MR) is 68.3 cm³/mol. The Morgan fingerprint density at radius 3 is 2.60 bits per heavy atom. The first-order chi connectivity index (χ1) is 9.42. The van der Waals surface area contributed by atoms with Gasteiger partial charge in [-0.15, -0.1) is 0 Å². The molecular formula is C10H9ClN4O4S. The van der Waals surface area contributed by atoms with Crippen LogP contribution in [-0.2, 0) is 15.6 Å². The molecule has 1 aromatic carbocycles. The lowest BCUT2D eigenvalue weighted by atomic mass is 10.4. The standard InChI is InChI=1S/C10H9ClN4O4S/c11-6-1-3-7(4-2-6)20(17,18)5-8-13-10(19-15-8)9(16)14-12/h1-4H,5,12H2,(H,14,16). The molecule has 3 N–H and O–H groups in total. The average Bonchev–Trinajstić information content (AvgIpc) is 2.86. The van der Waals surface area contributed by atoms with Crippen molar-refractivity contribution in [2.45, 2.75) is 10.6 Å². The summed E-state index contributed by atoms with van der Waals surface area (Å²) in [5.41, 5.74) is 1.80. The molecule has 106 valence electrons. The minimum Gasteiger partial charge on any atom is -0.328 e.